The number of carbonyl (C=O) groups excluding carboxylic acids is 1. The van der Waals surface area contributed by atoms with Crippen molar-refractivity contribution in [2.75, 3.05) is 18.2 Å². The Morgan fingerprint density at radius 3 is 2.94 bits per heavy atom. The van der Waals surface area contributed by atoms with Crippen LogP contribution >= 0.6 is 0 Å². The van der Waals surface area contributed by atoms with Crippen LogP contribution in [-0.2, 0) is 4.74 Å². The van der Waals surface area contributed by atoms with Gasteiger partial charge in [0, 0.05) is 12.2 Å². The van der Waals surface area contributed by atoms with E-state index in [4.69, 9.17) is 5.73 Å². The van der Waals surface area contributed by atoms with Gasteiger partial charge in [-0.1, -0.05) is 6.92 Å². The average molecular weight is 223 g/mol. The van der Waals surface area contributed by atoms with E-state index in [1.54, 1.807) is 6.07 Å². The maximum Gasteiger partial charge on any atom is 0.340 e. The van der Waals surface area contributed by atoms with Crippen molar-refractivity contribution in [3.63, 3.8) is 0 Å². The monoisotopic (exact) mass is 223 g/mol. The molecule has 5 nitrogen and oxygen atoms in total. The topological polar surface area (TPSA) is 77.2 Å². The second-order valence-corrected chi connectivity index (χ2v) is 3.57. The van der Waals surface area contributed by atoms with Crippen LogP contribution < -0.4 is 11.1 Å². The third-order valence-corrected chi connectivity index (χ3v) is 2.39. The molecule has 0 saturated heterocycles. The number of ether oxygens (including phenoxy) is 1. The molecular weight excluding hydrogens is 206 g/mol. The molecule has 1 atom stereocenters. The van der Waals surface area contributed by atoms with Crippen molar-refractivity contribution in [1.29, 1.82) is 0 Å². The SMILES string of the molecule is CCC(C)Nc1nccc(C(=O)OC)c1N. The van der Waals surface area contributed by atoms with E-state index in [0.29, 0.717) is 17.1 Å². The second kappa shape index (κ2) is 5.34. The summed E-state index contributed by atoms with van der Waals surface area (Å²) in [5.74, 6) is 0.0735. The first kappa shape index (κ1) is 12.3. The van der Waals surface area contributed by atoms with Crippen molar-refractivity contribution in [2.24, 2.45) is 0 Å². The zero-order chi connectivity index (χ0) is 12.1. The molecule has 1 heterocycles. The fraction of sp³-hybridized carbons (Fsp3) is 0.455. The molecule has 0 bridgehead atoms. The number of hydrogen-bond acceptors (Lipinski definition) is 5. The third-order valence-electron chi connectivity index (χ3n) is 2.39. The Kier molecular flexibility index (Phi) is 4.10. The van der Waals surface area contributed by atoms with E-state index in [1.807, 2.05) is 6.92 Å². The first-order chi connectivity index (χ1) is 7.60. The fourth-order valence-electron chi connectivity index (χ4n) is 1.21. The quantitative estimate of drug-likeness (QED) is 0.759. The predicted molar refractivity (Wildman–Crippen MR) is 63.4 cm³/mol. The zero-order valence-corrected chi connectivity index (χ0v) is 9.78. The number of esters is 1. The van der Waals surface area contributed by atoms with Crippen LogP contribution in [0.5, 0.6) is 0 Å². The van der Waals surface area contributed by atoms with Crippen LogP contribution in [-0.4, -0.2) is 24.1 Å². The maximum atomic E-state index is 11.4. The first-order valence-corrected chi connectivity index (χ1v) is 5.19. The van der Waals surface area contributed by atoms with Gasteiger partial charge in [-0.15, -0.1) is 0 Å². The van der Waals surface area contributed by atoms with Crippen molar-refractivity contribution in [1.82, 2.24) is 4.98 Å². The van der Waals surface area contributed by atoms with E-state index < -0.39 is 5.97 Å². The molecule has 0 aromatic carbocycles. The fourth-order valence-corrected chi connectivity index (χ4v) is 1.21. The third kappa shape index (κ3) is 2.62. The molecule has 0 spiro atoms. The van der Waals surface area contributed by atoms with Gasteiger partial charge in [0.1, 0.15) is 5.82 Å². The summed E-state index contributed by atoms with van der Waals surface area (Å²) in [4.78, 5) is 15.5. The molecule has 16 heavy (non-hydrogen) atoms. The summed E-state index contributed by atoms with van der Waals surface area (Å²) in [5, 5.41) is 3.14. The minimum atomic E-state index is -0.452. The van der Waals surface area contributed by atoms with E-state index in [2.05, 4.69) is 22.0 Å². The van der Waals surface area contributed by atoms with Crippen LogP contribution in [0.3, 0.4) is 0 Å². The molecule has 1 aromatic rings. The largest absolute Gasteiger partial charge is 0.465 e. The summed E-state index contributed by atoms with van der Waals surface area (Å²) >= 11 is 0. The molecule has 0 amide bonds. The highest BCUT2D eigenvalue weighted by Gasteiger charge is 2.14. The molecule has 1 unspecified atom stereocenters. The van der Waals surface area contributed by atoms with Crippen molar-refractivity contribution in [3.8, 4) is 0 Å². The Labute approximate surface area is 95.0 Å². The van der Waals surface area contributed by atoms with Gasteiger partial charge >= 0.3 is 5.97 Å². The molecular formula is C11H17N3O2. The molecule has 0 saturated carbocycles. The zero-order valence-electron chi connectivity index (χ0n) is 9.78. The number of rotatable bonds is 4. The Balaban J connectivity index is 2.99. The number of nitrogens with one attached hydrogen (secondary N) is 1. The number of anilines is 2. The number of methoxy groups -OCH3 is 1. The van der Waals surface area contributed by atoms with Crippen molar-refractivity contribution in [3.05, 3.63) is 17.8 Å². The van der Waals surface area contributed by atoms with Gasteiger partial charge < -0.3 is 15.8 Å². The number of nitrogens with two attached hydrogens (primary N) is 1. The van der Waals surface area contributed by atoms with Gasteiger partial charge in [0.2, 0.25) is 0 Å². The number of aromatic nitrogens is 1. The average Bonchev–Trinajstić information content (AvgIpc) is 2.30. The lowest BCUT2D eigenvalue weighted by molar-refractivity contribution is 0.0602. The van der Waals surface area contributed by atoms with Crippen LogP contribution in [0, 0.1) is 0 Å². The summed E-state index contributed by atoms with van der Waals surface area (Å²) in [6, 6.07) is 1.80. The molecule has 0 aliphatic carbocycles. The van der Waals surface area contributed by atoms with Crippen LogP contribution in [0.4, 0.5) is 11.5 Å². The molecule has 0 fully saturated rings. The van der Waals surface area contributed by atoms with Gasteiger partial charge in [0.05, 0.1) is 18.4 Å². The van der Waals surface area contributed by atoms with Gasteiger partial charge in [-0.2, -0.15) is 0 Å². The van der Waals surface area contributed by atoms with E-state index in [-0.39, 0.29) is 6.04 Å². The minimum absolute atomic E-state index is 0.252. The van der Waals surface area contributed by atoms with Gasteiger partial charge in [-0.25, -0.2) is 9.78 Å². The number of nitrogens with zero attached hydrogens (tertiary/aromatic N) is 1. The first-order valence-electron chi connectivity index (χ1n) is 5.19. The van der Waals surface area contributed by atoms with Gasteiger partial charge in [0.15, 0.2) is 0 Å². The Hall–Kier alpha value is -1.78. The lowest BCUT2D eigenvalue weighted by atomic mass is 10.2. The number of hydrogen-bond donors (Lipinski definition) is 2. The number of nitrogen functional groups attached to an aromatic ring is 1. The second-order valence-electron chi connectivity index (χ2n) is 3.57. The highest BCUT2D eigenvalue weighted by molar-refractivity contribution is 5.97. The Morgan fingerprint density at radius 2 is 2.38 bits per heavy atom. The number of carbonyl (C=O) groups is 1. The summed E-state index contributed by atoms with van der Waals surface area (Å²) < 4.78 is 4.63. The smallest absolute Gasteiger partial charge is 0.340 e. The lowest BCUT2D eigenvalue weighted by Gasteiger charge is -2.15. The van der Waals surface area contributed by atoms with Gasteiger partial charge in [-0.3, -0.25) is 0 Å². The van der Waals surface area contributed by atoms with Crippen molar-refractivity contribution >= 4 is 17.5 Å². The van der Waals surface area contributed by atoms with Crippen LogP contribution in [0.25, 0.3) is 0 Å². The molecule has 3 N–H and O–H groups in total. The molecule has 0 aliphatic rings. The van der Waals surface area contributed by atoms with E-state index in [1.165, 1.54) is 13.3 Å². The molecule has 5 heteroatoms. The van der Waals surface area contributed by atoms with Crippen molar-refractivity contribution in [2.45, 2.75) is 26.3 Å². The summed E-state index contributed by atoms with van der Waals surface area (Å²) in [6.45, 7) is 4.07. The molecule has 88 valence electrons. The van der Waals surface area contributed by atoms with Crippen molar-refractivity contribution < 1.29 is 9.53 Å². The normalized spacial score (nSPS) is 11.9. The highest BCUT2D eigenvalue weighted by Crippen LogP contribution is 2.21. The summed E-state index contributed by atoms with van der Waals surface area (Å²) in [5.41, 5.74) is 6.50. The standard InChI is InChI=1S/C11H17N3O2/c1-4-7(2)14-10-9(12)8(5-6-13-10)11(15)16-3/h5-7H,4,12H2,1-3H3,(H,13,14). The number of pyridine rings is 1. The minimum Gasteiger partial charge on any atom is -0.465 e. The summed E-state index contributed by atoms with van der Waals surface area (Å²) in [7, 11) is 1.32. The van der Waals surface area contributed by atoms with Crippen LogP contribution in [0.1, 0.15) is 30.6 Å². The molecule has 0 aliphatic heterocycles. The van der Waals surface area contributed by atoms with E-state index in [9.17, 15) is 4.79 Å². The Bertz CT molecular complexity index is 379. The van der Waals surface area contributed by atoms with Crippen LogP contribution in [0.2, 0.25) is 0 Å². The molecule has 1 aromatic heterocycles. The van der Waals surface area contributed by atoms with Gasteiger partial charge in [-0.05, 0) is 19.4 Å². The lowest BCUT2D eigenvalue weighted by Crippen LogP contribution is -2.17. The molecule has 0 radical (unpaired) electrons. The summed E-state index contributed by atoms with van der Waals surface area (Å²) in [6.07, 6.45) is 2.48. The highest BCUT2D eigenvalue weighted by atomic mass is 16.5. The molecule has 1 rings (SSSR count). The maximum absolute atomic E-state index is 11.4. The van der Waals surface area contributed by atoms with Crippen LogP contribution in [0.15, 0.2) is 12.3 Å². The van der Waals surface area contributed by atoms with E-state index >= 15 is 0 Å². The predicted octanol–water partition coefficient (Wildman–Crippen LogP) is 1.66. The Morgan fingerprint density at radius 1 is 1.69 bits per heavy atom. The van der Waals surface area contributed by atoms with Gasteiger partial charge in [0.25, 0.3) is 0 Å². The van der Waals surface area contributed by atoms with E-state index in [0.717, 1.165) is 6.42 Å².